The molecule has 0 aliphatic heterocycles. The fourth-order valence-corrected chi connectivity index (χ4v) is 2.59. The second-order valence-corrected chi connectivity index (χ2v) is 5.41. The van der Waals surface area contributed by atoms with Crippen LogP contribution in [0.3, 0.4) is 0 Å². The molecule has 0 heterocycles. The third-order valence-electron chi connectivity index (χ3n) is 3.68. The largest absolute Gasteiger partial charge is 0.329 e. The lowest BCUT2D eigenvalue weighted by Gasteiger charge is -2.34. The third-order valence-corrected chi connectivity index (χ3v) is 3.68. The molecule has 0 saturated heterocycles. The molecule has 0 saturated carbocycles. The van der Waals surface area contributed by atoms with Crippen molar-refractivity contribution in [3.8, 4) is 0 Å². The maximum atomic E-state index is 6.06. The van der Waals surface area contributed by atoms with Gasteiger partial charge in [-0.1, -0.05) is 60.7 Å². The van der Waals surface area contributed by atoms with Crippen LogP contribution in [0.5, 0.6) is 0 Å². The highest BCUT2D eigenvalue weighted by molar-refractivity contribution is 5.21. The van der Waals surface area contributed by atoms with Gasteiger partial charge in [0.2, 0.25) is 0 Å². The summed E-state index contributed by atoms with van der Waals surface area (Å²) in [7, 11) is 0. The summed E-state index contributed by atoms with van der Waals surface area (Å²) in [5.74, 6) is 0. The van der Waals surface area contributed by atoms with Crippen molar-refractivity contribution in [3.63, 3.8) is 0 Å². The zero-order valence-electron chi connectivity index (χ0n) is 12.4. The van der Waals surface area contributed by atoms with Crippen molar-refractivity contribution in [3.05, 3.63) is 71.8 Å². The van der Waals surface area contributed by atoms with Gasteiger partial charge >= 0.3 is 0 Å². The minimum Gasteiger partial charge on any atom is -0.329 e. The van der Waals surface area contributed by atoms with Crippen molar-refractivity contribution in [2.75, 3.05) is 6.54 Å². The fraction of sp³-hybridized carbons (Fsp3) is 0.333. The van der Waals surface area contributed by atoms with Crippen LogP contribution in [0.15, 0.2) is 60.7 Å². The van der Waals surface area contributed by atoms with Crippen LogP contribution in [0.2, 0.25) is 0 Å². The van der Waals surface area contributed by atoms with E-state index in [4.69, 9.17) is 5.73 Å². The van der Waals surface area contributed by atoms with E-state index >= 15 is 0 Å². The SMILES string of the molecule is CC(C)N(Cc1ccccc1)C(CN)c1ccccc1. The van der Waals surface area contributed by atoms with Crippen molar-refractivity contribution in [1.82, 2.24) is 4.90 Å². The molecule has 0 amide bonds. The number of benzene rings is 2. The third kappa shape index (κ3) is 3.69. The molecule has 0 spiro atoms. The molecule has 0 radical (unpaired) electrons. The molecular weight excluding hydrogens is 244 g/mol. The van der Waals surface area contributed by atoms with E-state index < -0.39 is 0 Å². The predicted octanol–water partition coefficient (Wildman–Crippen LogP) is 3.60. The molecule has 2 rings (SSSR count). The average molecular weight is 268 g/mol. The molecular formula is C18H24N2. The quantitative estimate of drug-likeness (QED) is 0.867. The van der Waals surface area contributed by atoms with E-state index in [1.54, 1.807) is 0 Å². The Balaban J connectivity index is 2.22. The zero-order chi connectivity index (χ0) is 14.4. The van der Waals surface area contributed by atoms with Gasteiger partial charge in [-0.15, -0.1) is 0 Å². The minimum absolute atomic E-state index is 0.261. The summed E-state index contributed by atoms with van der Waals surface area (Å²) in [6.07, 6.45) is 0. The molecule has 2 N–H and O–H groups in total. The van der Waals surface area contributed by atoms with Gasteiger partial charge in [0.05, 0.1) is 0 Å². The highest BCUT2D eigenvalue weighted by atomic mass is 15.2. The van der Waals surface area contributed by atoms with Crippen molar-refractivity contribution in [1.29, 1.82) is 0 Å². The number of nitrogens with zero attached hydrogens (tertiary/aromatic N) is 1. The van der Waals surface area contributed by atoms with Crippen LogP contribution in [-0.2, 0) is 6.54 Å². The molecule has 0 aliphatic rings. The molecule has 0 aromatic heterocycles. The number of rotatable bonds is 6. The van der Waals surface area contributed by atoms with Crippen LogP contribution in [0.4, 0.5) is 0 Å². The van der Waals surface area contributed by atoms with E-state index in [9.17, 15) is 0 Å². The Morgan fingerprint density at radius 2 is 1.45 bits per heavy atom. The molecule has 20 heavy (non-hydrogen) atoms. The standard InChI is InChI=1S/C18H24N2/c1-15(2)20(14-16-9-5-3-6-10-16)18(13-19)17-11-7-4-8-12-17/h3-12,15,18H,13-14,19H2,1-2H3. The lowest BCUT2D eigenvalue weighted by Crippen LogP contribution is -2.38. The minimum atomic E-state index is 0.261. The fourth-order valence-electron chi connectivity index (χ4n) is 2.59. The summed E-state index contributed by atoms with van der Waals surface area (Å²) >= 11 is 0. The first-order chi connectivity index (χ1) is 9.72. The molecule has 1 atom stereocenters. The molecule has 2 aromatic rings. The van der Waals surface area contributed by atoms with Crippen LogP contribution in [0, 0.1) is 0 Å². The van der Waals surface area contributed by atoms with E-state index in [-0.39, 0.29) is 6.04 Å². The van der Waals surface area contributed by atoms with E-state index in [1.165, 1.54) is 11.1 Å². The van der Waals surface area contributed by atoms with Gasteiger partial charge in [-0.05, 0) is 25.0 Å². The monoisotopic (exact) mass is 268 g/mol. The van der Waals surface area contributed by atoms with Crippen molar-refractivity contribution in [2.45, 2.75) is 32.5 Å². The molecule has 0 bridgehead atoms. The molecule has 2 heteroatoms. The number of nitrogens with two attached hydrogens (primary N) is 1. The molecule has 0 fully saturated rings. The Morgan fingerprint density at radius 3 is 1.95 bits per heavy atom. The highest BCUT2D eigenvalue weighted by Crippen LogP contribution is 2.24. The summed E-state index contributed by atoms with van der Waals surface area (Å²) in [6, 6.07) is 21.8. The zero-order valence-corrected chi connectivity index (χ0v) is 12.4. The summed E-state index contributed by atoms with van der Waals surface area (Å²) in [4.78, 5) is 2.46. The van der Waals surface area contributed by atoms with Crippen LogP contribution in [0.25, 0.3) is 0 Å². The van der Waals surface area contributed by atoms with Gasteiger partial charge in [0, 0.05) is 25.2 Å². The summed E-state index contributed by atoms with van der Waals surface area (Å²) < 4.78 is 0. The van der Waals surface area contributed by atoms with Crippen LogP contribution in [0.1, 0.15) is 31.0 Å². The Kier molecular flexibility index (Phi) is 5.33. The van der Waals surface area contributed by atoms with Crippen LogP contribution in [-0.4, -0.2) is 17.5 Å². The highest BCUT2D eigenvalue weighted by Gasteiger charge is 2.21. The first-order valence-corrected chi connectivity index (χ1v) is 7.27. The topological polar surface area (TPSA) is 29.3 Å². The van der Waals surface area contributed by atoms with Crippen LogP contribution < -0.4 is 5.73 Å². The summed E-state index contributed by atoms with van der Waals surface area (Å²) in [6.45, 7) is 6.02. The van der Waals surface area contributed by atoms with Gasteiger partial charge in [0.15, 0.2) is 0 Å². The second kappa shape index (κ2) is 7.22. The van der Waals surface area contributed by atoms with E-state index in [2.05, 4.69) is 73.3 Å². The van der Waals surface area contributed by atoms with Gasteiger partial charge in [-0.3, -0.25) is 4.90 Å². The van der Waals surface area contributed by atoms with Gasteiger partial charge in [0.25, 0.3) is 0 Å². The Bertz CT molecular complexity index is 493. The number of hydrogen-bond acceptors (Lipinski definition) is 2. The predicted molar refractivity (Wildman–Crippen MR) is 85.4 cm³/mol. The van der Waals surface area contributed by atoms with Gasteiger partial charge in [-0.2, -0.15) is 0 Å². The van der Waals surface area contributed by atoms with Crippen LogP contribution >= 0.6 is 0 Å². The number of hydrogen-bond donors (Lipinski definition) is 1. The smallest absolute Gasteiger partial charge is 0.0476 e. The average Bonchev–Trinajstić information content (AvgIpc) is 2.49. The lowest BCUT2D eigenvalue weighted by atomic mass is 10.0. The van der Waals surface area contributed by atoms with Gasteiger partial charge in [-0.25, -0.2) is 0 Å². The van der Waals surface area contributed by atoms with Crippen molar-refractivity contribution >= 4 is 0 Å². The first-order valence-electron chi connectivity index (χ1n) is 7.27. The first kappa shape index (κ1) is 14.8. The van der Waals surface area contributed by atoms with Crippen molar-refractivity contribution in [2.24, 2.45) is 5.73 Å². The van der Waals surface area contributed by atoms with E-state index in [0.717, 1.165) is 6.54 Å². The Hall–Kier alpha value is -1.64. The Labute approximate surface area is 122 Å². The molecule has 0 aliphatic carbocycles. The normalized spacial score (nSPS) is 12.8. The maximum Gasteiger partial charge on any atom is 0.0476 e. The Morgan fingerprint density at radius 1 is 0.900 bits per heavy atom. The molecule has 106 valence electrons. The van der Waals surface area contributed by atoms with E-state index in [0.29, 0.717) is 12.6 Å². The molecule has 2 aromatic carbocycles. The second-order valence-electron chi connectivity index (χ2n) is 5.41. The molecule has 2 nitrogen and oxygen atoms in total. The summed E-state index contributed by atoms with van der Waals surface area (Å²) in [5, 5.41) is 0. The lowest BCUT2D eigenvalue weighted by molar-refractivity contribution is 0.148. The van der Waals surface area contributed by atoms with Gasteiger partial charge < -0.3 is 5.73 Å². The summed E-state index contributed by atoms with van der Waals surface area (Å²) in [5.41, 5.74) is 8.68. The van der Waals surface area contributed by atoms with E-state index in [1.807, 2.05) is 6.07 Å². The van der Waals surface area contributed by atoms with Crippen molar-refractivity contribution < 1.29 is 0 Å². The molecule has 1 unspecified atom stereocenters. The maximum absolute atomic E-state index is 6.06. The van der Waals surface area contributed by atoms with Gasteiger partial charge in [0.1, 0.15) is 0 Å².